The van der Waals surface area contributed by atoms with E-state index in [9.17, 15) is 10.1 Å². The molecule has 0 saturated heterocycles. The van der Waals surface area contributed by atoms with Gasteiger partial charge in [0.2, 0.25) is 5.91 Å². The summed E-state index contributed by atoms with van der Waals surface area (Å²) in [6, 6.07) is 9.85. The van der Waals surface area contributed by atoms with Crippen molar-refractivity contribution in [3.8, 4) is 6.07 Å². The zero-order valence-electron chi connectivity index (χ0n) is 9.27. The van der Waals surface area contributed by atoms with Gasteiger partial charge >= 0.3 is 0 Å². The third-order valence-corrected chi connectivity index (χ3v) is 2.93. The van der Waals surface area contributed by atoms with E-state index in [-0.39, 0.29) is 5.91 Å². The molecule has 0 N–H and O–H groups in total. The third-order valence-electron chi connectivity index (χ3n) is 2.93. The van der Waals surface area contributed by atoms with Gasteiger partial charge < -0.3 is 0 Å². The lowest BCUT2D eigenvalue weighted by Gasteiger charge is -2.36. The molecule has 1 unspecified atom stereocenters. The number of fused-ring (bicyclic) bond motifs is 1. The molecule has 0 aromatic heterocycles. The van der Waals surface area contributed by atoms with E-state index in [1.54, 1.807) is 13.1 Å². The maximum Gasteiger partial charge on any atom is 0.225 e. The van der Waals surface area contributed by atoms with Gasteiger partial charge in [-0.2, -0.15) is 5.26 Å². The predicted molar refractivity (Wildman–Crippen MR) is 61.0 cm³/mol. The van der Waals surface area contributed by atoms with Crippen LogP contribution in [0.15, 0.2) is 30.5 Å². The van der Waals surface area contributed by atoms with Crippen molar-refractivity contribution in [1.29, 1.82) is 5.26 Å². The number of rotatable bonds is 0. The lowest BCUT2D eigenvalue weighted by atomic mass is 9.85. The average molecular weight is 212 g/mol. The molecule has 1 atom stereocenters. The molecule has 3 heteroatoms. The first-order chi connectivity index (χ1) is 7.59. The maximum absolute atomic E-state index is 11.5. The summed E-state index contributed by atoms with van der Waals surface area (Å²) >= 11 is 0. The molecule has 2 rings (SSSR count). The summed E-state index contributed by atoms with van der Waals surface area (Å²) in [6.45, 7) is 3.23. The van der Waals surface area contributed by atoms with Gasteiger partial charge in [-0.25, -0.2) is 0 Å². The van der Waals surface area contributed by atoms with Crippen molar-refractivity contribution in [2.24, 2.45) is 0 Å². The predicted octanol–water partition coefficient (Wildman–Crippen LogP) is 2.26. The summed E-state index contributed by atoms with van der Waals surface area (Å²) in [6.07, 6.45) is 3.53. The molecular formula is C13H12N2O. The molecule has 1 aliphatic rings. The number of benzene rings is 1. The Kier molecular flexibility index (Phi) is 2.28. The Morgan fingerprint density at radius 1 is 1.44 bits per heavy atom. The zero-order chi connectivity index (χ0) is 11.8. The summed E-state index contributed by atoms with van der Waals surface area (Å²) in [5.41, 5.74) is 0.955. The molecule has 0 bridgehead atoms. The molecule has 1 heterocycles. The maximum atomic E-state index is 11.5. The van der Waals surface area contributed by atoms with Crippen molar-refractivity contribution in [3.05, 3.63) is 41.6 Å². The Hall–Kier alpha value is -2.08. The Morgan fingerprint density at radius 2 is 2.12 bits per heavy atom. The van der Waals surface area contributed by atoms with Gasteiger partial charge in [-0.05, 0) is 24.1 Å². The van der Waals surface area contributed by atoms with Crippen LogP contribution in [-0.2, 0) is 10.3 Å². The second-order valence-electron chi connectivity index (χ2n) is 3.98. The number of hydrogen-bond acceptors (Lipinski definition) is 2. The molecule has 16 heavy (non-hydrogen) atoms. The third kappa shape index (κ3) is 1.31. The number of hydrogen-bond donors (Lipinski definition) is 0. The number of carbonyl (C=O) groups excluding carboxylic acids is 1. The Balaban J connectivity index is 2.65. The summed E-state index contributed by atoms with van der Waals surface area (Å²) in [4.78, 5) is 13.0. The molecule has 0 fully saturated rings. The minimum atomic E-state index is -0.906. The summed E-state index contributed by atoms with van der Waals surface area (Å²) in [5, 5.41) is 9.34. The summed E-state index contributed by atoms with van der Waals surface area (Å²) in [7, 11) is 0. The van der Waals surface area contributed by atoms with Crippen LogP contribution in [0.1, 0.15) is 25.0 Å². The molecule has 1 aromatic rings. The van der Waals surface area contributed by atoms with E-state index in [4.69, 9.17) is 0 Å². The average Bonchev–Trinajstić information content (AvgIpc) is 2.29. The van der Waals surface area contributed by atoms with Gasteiger partial charge in [-0.1, -0.05) is 24.3 Å². The summed E-state index contributed by atoms with van der Waals surface area (Å²) < 4.78 is 0. The van der Waals surface area contributed by atoms with E-state index in [1.165, 1.54) is 11.8 Å². The molecular weight excluding hydrogens is 200 g/mol. The molecule has 1 aliphatic heterocycles. The largest absolute Gasteiger partial charge is 0.296 e. The summed E-state index contributed by atoms with van der Waals surface area (Å²) in [5.74, 6) is -0.130. The highest BCUT2D eigenvalue weighted by Crippen LogP contribution is 2.35. The second-order valence-corrected chi connectivity index (χ2v) is 3.98. The van der Waals surface area contributed by atoms with Crippen LogP contribution >= 0.6 is 0 Å². The first-order valence-electron chi connectivity index (χ1n) is 5.08. The molecule has 3 nitrogen and oxygen atoms in total. The van der Waals surface area contributed by atoms with Crippen molar-refractivity contribution < 1.29 is 4.79 Å². The Labute approximate surface area is 94.6 Å². The van der Waals surface area contributed by atoms with Gasteiger partial charge in [0.15, 0.2) is 5.54 Å². The van der Waals surface area contributed by atoms with Gasteiger partial charge in [-0.15, -0.1) is 0 Å². The first kappa shape index (κ1) is 10.4. The molecule has 0 radical (unpaired) electrons. The molecule has 80 valence electrons. The van der Waals surface area contributed by atoms with Gasteiger partial charge in [0.25, 0.3) is 0 Å². The minimum absolute atomic E-state index is 0.130. The Morgan fingerprint density at radius 3 is 2.75 bits per heavy atom. The number of nitriles is 1. The van der Waals surface area contributed by atoms with Crippen molar-refractivity contribution in [2.75, 3.05) is 0 Å². The molecule has 0 saturated carbocycles. The van der Waals surface area contributed by atoms with E-state index >= 15 is 0 Å². The molecule has 0 aliphatic carbocycles. The fourth-order valence-corrected chi connectivity index (χ4v) is 2.05. The Bertz CT molecular complexity index is 513. The molecule has 0 spiro atoms. The van der Waals surface area contributed by atoms with Crippen molar-refractivity contribution >= 4 is 12.0 Å². The normalized spacial score (nSPS) is 22.4. The monoisotopic (exact) mass is 212 g/mol. The SMILES string of the molecule is CC(=O)N1C=Cc2ccccc2C1(C)C#N. The number of nitrogens with zero attached hydrogens (tertiary/aromatic N) is 2. The lowest BCUT2D eigenvalue weighted by Crippen LogP contribution is -2.44. The number of carbonyl (C=O) groups is 1. The van der Waals surface area contributed by atoms with Gasteiger partial charge in [-0.3, -0.25) is 9.69 Å². The first-order valence-corrected chi connectivity index (χ1v) is 5.08. The van der Waals surface area contributed by atoms with Crippen LogP contribution in [0.4, 0.5) is 0 Å². The molecule has 1 amide bonds. The smallest absolute Gasteiger partial charge is 0.225 e. The van der Waals surface area contributed by atoms with Crippen LogP contribution in [0, 0.1) is 11.3 Å². The van der Waals surface area contributed by atoms with Crippen LogP contribution in [0.5, 0.6) is 0 Å². The fraction of sp³-hybridized carbons (Fsp3) is 0.231. The quantitative estimate of drug-likeness (QED) is 0.662. The van der Waals surface area contributed by atoms with Gasteiger partial charge in [0.1, 0.15) is 0 Å². The van der Waals surface area contributed by atoms with E-state index in [2.05, 4.69) is 6.07 Å². The van der Waals surface area contributed by atoms with E-state index < -0.39 is 5.54 Å². The lowest BCUT2D eigenvalue weighted by molar-refractivity contribution is -0.129. The highest BCUT2D eigenvalue weighted by atomic mass is 16.2. The van der Waals surface area contributed by atoms with Crippen molar-refractivity contribution in [1.82, 2.24) is 4.90 Å². The van der Waals surface area contributed by atoms with Gasteiger partial charge in [0, 0.05) is 13.1 Å². The highest BCUT2D eigenvalue weighted by molar-refractivity contribution is 5.79. The van der Waals surface area contributed by atoms with Crippen molar-refractivity contribution in [2.45, 2.75) is 19.4 Å². The minimum Gasteiger partial charge on any atom is -0.296 e. The standard InChI is InChI=1S/C13H12N2O/c1-10(16)15-8-7-11-5-3-4-6-12(11)13(15,2)9-14/h3-8H,1-2H3. The second kappa shape index (κ2) is 3.49. The van der Waals surface area contributed by atoms with Gasteiger partial charge in [0.05, 0.1) is 6.07 Å². The van der Waals surface area contributed by atoms with Crippen LogP contribution in [0.25, 0.3) is 6.08 Å². The van der Waals surface area contributed by atoms with Crippen LogP contribution in [0.2, 0.25) is 0 Å². The molecule has 1 aromatic carbocycles. The van der Waals surface area contributed by atoms with Crippen LogP contribution in [-0.4, -0.2) is 10.8 Å². The van der Waals surface area contributed by atoms with E-state index in [0.29, 0.717) is 0 Å². The fourth-order valence-electron chi connectivity index (χ4n) is 2.05. The zero-order valence-corrected chi connectivity index (χ0v) is 9.27. The highest BCUT2D eigenvalue weighted by Gasteiger charge is 2.38. The van der Waals surface area contributed by atoms with E-state index in [0.717, 1.165) is 11.1 Å². The van der Waals surface area contributed by atoms with Crippen molar-refractivity contribution in [3.63, 3.8) is 0 Å². The van der Waals surface area contributed by atoms with Crippen LogP contribution in [0.3, 0.4) is 0 Å². The number of amides is 1. The topological polar surface area (TPSA) is 44.1 Å². The van der Waals surface area contributed by atoms with E-state index in [1.807, 2.05) is 30.3 Å². The van der Waals surface area contributed by atoms with Crippen LogP contribution < -0.4 is 0 Å².